The molecule has 0 aliphatic heterocycles. The highest BCUT2D eigenvalue weighted by molar-refractivity contribution is 7.92. The number of non-ortho nitro benzene ring substituents is 1. The van der Waals surface area contributed by atoms with Gasteiger partial charge in [-0.2, -0.15) is 5.10 Å². The number of anilines is 1. The summed E-state index contributed by atoms with van der Waals surface area (Å²) in [6.07, 6.45) is 1.28. The lowest BCUT2D eigenvalue weighted by Crippen LogP contribution is -2.39. The van der Waals surface area contributed by atoms with E-state index < -0.39 is 27.4 Å². The first-order valence-corrected chi connectivity index (χ1v) is 13.3. The molecule has 11 heteroatoms. The van der Waals surface area contributed by atoms with Gasteiger partial charge in [-0.15, -0.1) is 0 Å². The van der Waals surface area contributed by atoms with Crippen molar-refractivity contribution in [1.29, 1.82) is 0 Å². The Kier molecular flexibility index (Phi) is 7.91. The van der Waals surface area contributed by atoms with E-state index in [2.05, 4.69) is 10.5 Å². The van der Waals surface area contributed by atoms with Crippen LogP contribution >= 0.6 is 0 Å². The molecular formula is C28H26N4O6S. The Morgan fingerprint density at radius 2 is 1.59 bits per heavy atom. The number of nitro groups is 1. The summed E-state index contributed by atoms with van der Waals surface area (Å²) in [5, 5.41) is 14.7. The fourth-order valence-electron chi connectivity index (χ4n) is 3.91. The molecule has 1 N–H and O–H groups in total. The van der Waals surface area contributed by atoms with Crippen molar-refractivity contribution in [2.24, 2.45) is 5.10 Å². The van der Waals surface area contributed by atoms with Crippen LogP contribution < -0.4 is 9.73 Å². The fourth-order valence-corrected chi connectivity index (χ4v) is 5.31. The molecule has 0 fully saturated rings. The lowest BCUT2D eigenvalue weighted by atomic mass is 10.1. The van der Waals surface area contributed by atoms with Crippen LogP contribution in [0.3, 0.4) is 0 Å². The predicted octanol–water partition coefficient (Wildman–Crippen LogP) is 5.13. The number of hydrogen-bond acceptors (Lipinski definition) is 7. The minimum atomic E-state index is -4.05. The molecule has 1 aromatic heterocycles. The molecule has 200 valence electrons. The standard InChI is InChI=1S/C28H26N4O6S/c1-19-4-11-26(12-5-19)39(36,37)31(24-15-20(2)14-21(3)16-24)18-28(33)30-29-17-25-10-13-27(38-25)22-6-8-23(9-7-22)32(34)35/h4-17H,18H2,1-3H3,(H,30,33)/b29-17-. The van der Waals surface area contributed by atoms with E-state index in [0.717, 1.165) is 21.0 Å². The molecule has 0 saturated heterocycles. The zero-order valence-corrected chi connectivity index (χ0v) is 22.3. The summed E-state index contributed by atoms with van der Waals surface area (Å²) in [4.78, 5) is 23.2. The van der Waals surface area contributed by atoms with Gasteiger partial charge < -0.3 is 4.42 Å². The van der Waals surface area contributed by atoms with Crippen molar-refractivity contribution in [2.75, 3.05) is 10.8 Å². The molecule has 39 heavy (non-hydrogen) atoms. The van der Waals surface area contributed by atoms with Gasteiger partial charge in [0.25, 0.3) is 21.6 Å². The summed E-state index contributed by atoms with van der Waals surface area (Å²) in [6, 6.07) is 20.9. The number of amides is 1. The van der Waals surface area contributed by atoms with Crippen LogP contribution in [0, 0.1) is 30.9 Å². The lowest BCUT2D eigenvalue weighted by Gasteiger charge is -2.24. The number of rotatable bonds is 9. The maximum absolute atomic E-state index is 13.5. The molecule has 4 aromatic rings. The first-order chi connectivity index (χ1) is 18.5. The van der Waals surface area contributed by atoms with Gasteiger partial charge in [0, 0.05) is 17.7 Å². The number of carbonyl (C=O) groups excluding carboxylic acids is 1. The van der Waals surface area contributed by atoms with Gasteiger partial charge in [-0.25, -0.2) is 13.8 Å². The van der Waals surface area contributed by atoms with Gasteiger partial charge in [-0.05, 0) is 80.4 Å². The molecule has 0 aliphatic carbocycles. The quantitative estimate of drug-likeness (QED) is 0.176. The second-order valence-electron chi connectivity index (χ2n) is 8.97. The van der Waals surface area contributed by atoms with Gasteiger partial charge in [0.2, 0.25) is 0 Å². The van der Waals surface area contributed by atoms with Crippen molar-refractivity contribution in [3.63, 3.8) is 0 Å². The van der Waals surface area contributed by atoms with Crippen molar-refractivity contribution in [3.8, 4) is 11.3 Å². The molecule has 0 radical (unpaired) electrons. The van der Waals surface area contributed by atoms with E-state index in [1.165, 1.54) is 30.5 Å². The number of carbonyl (C=O) groups is 1. The van der Waals surface area contributed by atoms with Gasteiger partial charge in [-0.1, -0.05) is 23.8 Å². The molecule has 0 spiro atoms. The Bertz CT molecular complexity index is 1620. The minimum absolute atomic E-state index is 0.0333. The van der Waals surface area contributed by atoms with Crippen molar-refractivity contribution < 1.29 is 22.6 Å². The van der Waals surface area contributed by atoms with Crippen molar-refractivity contribution in [1.82, 2.24) is 5.43 Å². The van der Waals surface area contributed by atoms with Gasteiger partial charge in [0.1, 0.15) is 18.1 Å². The Hall–Kier alpha value is -4.77. The van der Waals surface area contributed by atoms with Crippen LogP contribution in [0.2, 0.25) is 0 Å². The third-order valence-electron chi connectivity index (χ3n) is 5.76. The summed E-state index contributed by atoms with van der Waals surface area (Å²) < 4.78 is 33.8. The number of nitrogens with one attached hydrogen (secondary N) is 1. The van der Waals surface area contributed by atoms with E-state index in [1.807, 2.05) is 26.8 Å². The molecular weight excluding hydrogens is 520 g/mol. The number of benzene rings is 3. The number of nitrogens with zero attached hydrogens (tertiary/aromatic N) is 3. The van der Waals surface area contributed by atoms with Crippen molar-refractivity contribution >= 4 is 33.5 Å². The normalized spacial score (nSPS) is 11.5. The molecule has 0 saturated carbocycles. The fraction of sp³-hybridized carbons (Fsp3) is 0.143. The molecule has 0 atom stereocenters. The van der Waals surface area contributed by atoms with Gasteiger partial charge in [-0.3, -0.25) is 19.2 Å². The maximum Gasteiger partial charge on any atom is 0.269 e. The first kappa shape index (κ1) is 27.3. The summed E-state index contributed by atoms with van der Waals surface area (Å²) in [5.74, 6) is 0.133. The van der Waals surface area contributed by atoms with E-state index in [0.29, 0.717) is 22.8 Å². The summed E-state index contributed by atoms with van der Waals surface area (Å²) in [6.45, 7) is 5.07. The van der Waals surface area contributed by atoms with E-state index in [1.54, 1.807) is 48.5 Å². The van der Waals surface area contributed by atoms with Crippen molar-refractivity contribution in [3.05, 3.63) is 111 Å². The molecule has 3 aromatic carbocycles. The molecule has 10 nitrogen and oxygen atoms in total. The molecule has 0 aliphatic rings. The number of hydrogen-bond donors (Lipinski definition) is 1. The summed E-state index contributed by atoms with van der Waals surface area (Å²) >= 11 is 0. The van der Waals surface area contributed by atoms with Gasteiger partial charge >= 0.3 is 0 Å². The van der Waals surface area contributed by atoms with Crippen LogP contribution in [-0.2, 0) is 14.8 Å². The number of hydrazone groups is 1. The average Bonchev–Trinajstić information content (AvgIpc) is 3.36. The summed E-state index contributed by atoms with van der Waals surface area (Å²) in [5.41, 5.74) is 5.94. The van der Waals surface area contributed by atoms with Crippen LogP contribution in [0.5, 0.6) is 0 Å². The Labute approximate surface area is 225 Å². The van der Waals surface area contributed by atoms with E-state index >= 15 is 0 Å². The molecule has 1 amide bonds. The monoisotopic (exact) mass is 546 g/mol. The summed E-state index contributed by atoms with van der Waals surface area (Å²) in [7, 11) is -4.05. The van der Waals surface area contributed by atoms with Crippen LogP contribution in [0.25, 0.3) is 11.3 Å². The lowest BCUT2D eigenvalue weighted by molar-refractivity contribution is -0.384. The van der Waals surface area contributed by atoms with Crippen LogP contribution in [0.15, 0.2) is 93.3 Å². The molecule has 0 unspecified atom stereocenters. The Balaban J connectivity index is 1.50. The third kappa shape index (κ3) is 6.57. The largest absolute Gasteiger partial charge is 0.455 e. The number of sulfonamides is 1. The van der Waals surface area contributed by atoms with Gasteiger partial charge in [0.05, 0.1) is 21.7 Å². The number of aryl methyl sites for hydroxylation is 3. The zero-order valence-electron chi connectivity index (χ0n) is 21.5. The Morgan fingerprint density at radius 3 is 2.21 bits per heavy atom. The Morgan fingerprint density at radius 1 is 0.949 bits per heavy atom. The van der Waals surface area contributed by atoms with Crippen molar-refractivity contribution in [2.45, 2.75) is 25.7 Å². The molecule has 4 rings (SSSR count). The SMILES string of the molecule is Cc1ccc(S(=O)(=O)N(CC(=O)N/N=C\c2ccc(-c3ccc([N+](=O)[O-])cc3)o2)c2cc(C)cc(C)c2)cc1. The smallest absolute Gasteiger partial charge is 0.269 e. The van der Waals surface area contributed by atoms with E-state index in [9.17, 15) is 23.3 Å². The highest BCUT2D eigenvalue weighted by Gasteiger charge is 2.27. The van der Waals surface area contributed by atoms with E-state index in [4.69, 9.17) is 4.42 Å². The van der Waals surface area contributed by atoms with E-state index in [-0.39, 0.29) is 10.6 Å². The highest BCUT2D eigenvalue weighted by atomic mass is 32.2. The van der Waals surface area contributed by atoms with Gasteiger partial charge in [0.15, 0.2) is 0 Å². The highest BCUT2D eigenvalue weighted by Crippen LogP contribution is 2.26. The van der Waals surface area contributed by atoms with Crippen LogP contribution in [0.4, 0.5) is 11.4 Å². The topological polar surface area (TPSA) is 135 Å². The predicted molar refractivity (Wildman–Crippen MR) is 148 cm³/mol. The molecule has 1 heterocycles. The number of furan rings is 1. The second kappa shape index (κ2) is 11.3. The average molecular weight is 547 g/mol. The minimum Gasteiger partial charge on any atom is -0.455 e. The first-order valence-electron chi connectivity index (χ1n) is 11.9. The van der Waals surface area contributed by atoms with Crippen LogP contribution in [0.1, 0.15) is 22.5 Å². The second-order valence-corrected chi connectivity index (χ2v) is 10.8. The number of nitro benzene ring substituents is 1. The third-order valence-corrected chi connectivity index (χ3v) is 7.55. The molecule has 0 bridgehead atoms. The zero-order chi connectivity index (χ0) is 28.2. The van der Waals surface area contributed by atoms with Crippen LogP contribution in [-0.4, -0.2) is 32.0 Å². The maximum atomic E-state index is 13.5.